The number of nitrogens with one attached hydrogen (secondary N) is 1. The van der Waals surface area contributed by atoms with Crippen LogP contribution in [0.15, 0.2) is 71.6 Å². The minimum Gasteiger partial charge on any atom is -0.496 e. The molecule has 0 amide bonds. The van der Waals surface area contributed by atoms with Crippen LogP contribution >= 0.6 is 0 Å². The minimum atomic E-state index is -0.345. The SMILES string of the molecule is COc1ccc(-c2cnco2)cc1C1=C[C@@]2(CCCN[C@H]2c2ccccc2)OC1. The Balaban J connectivity index is 1.55. The smallest absolute Gasteiger partial charge is 0.181 e. The van der Waals surface area contributed by atoms with Crippen molar-refractivity contribution in [2.24, 2.45) is 0 Å². The lowest BCUT2D eigenvalue weighted by Gasteiger charge is -2.40. The van der Waals surface area contributed by atoms with E-state index in [1.165, 1.54) is 12.0 Å². The van der Waals surface area contributed by atoms with Gasteiger partial charge in [-0.15, -0.1) is 0 Å². The third-order valence-electron chi connectivity index (χ3n) is 5.89. The first-order valence-corrected chi connectivity index (χ1v) is 10.0. The van der Waals surface area contributed by atoms with Gasteiger partial charge in [0, 0.05) is 11.1 Å². The summed E-state index contributed by atoms with van der Waals surface area (Å²) in [5.41, 5.74) is 4.07. The van der Waals surface area contributed by atoms with Crippen LogP contribution in [0.4, 0.5) is 0 Å². The van der Waals surface area contributed by atoms with Crippen LogP contribution in [0.25, 0.3) is 16.9 Å². The molecule has 3 heterocycles. The molecule has 1 N–H and O–H groups in total. The van der Waals surface area contributed by atoms with E-state index in [1.54, 1.807) is 13.3 Å². The zero-order chi connectivity index (χ0) is 19.7. The third kappa shape index (κ3) is 3.26. The fraction of sp³-hybridized carbons (Fsp3) is 0.292. The van der Waals surface area contributed by atoms with Crippen LogP contribution in [0, 0.1) is 0 Å². The molecule has 2 aromatic carbocycles. The van der Waals surface area contributed by atoms with Gasteiger partial charge >= 0.3 is 0 Å². The van der Waals surface area contributed by atoms with Crippen molar-refractivity contribution in [3.05, 3.63) is 78.3 Å². The summed E-state index contributed by atoms with van der Waals surface area (Å²) in [5, 5.41) is 3.68. The summed E-state index contributed by atoms with van der Waals surface area (Å²) in [6, 6.07) is 16.8. The van der Waals surface area contributed by atoms with Crippen molar-refractivity contribution in [1.82, 2.24) is 10.3 Å². The Bertz CT molecular complexity index is 1010. The van der Waals surface area contributed by atoms with Gasteiger partial charge in [0.15, 0.2) is 12.2 Å². The van der Waals surface area contributed by atoms with E-state index >= 15 is 0 Å². The number of hydrogen-bond donors (Lipinski definition) is 1. The zero-order valence-corrected chi connectivity index (χ0v) is 16.4. The van der Waals surface area contributed by atoms with Gasteiger partial charge in [0.2, 0.25) is 0 Å². The van der Waals surface area contributed by atoms with Gasteiger partial charge in [-0.25, -0.2) is 4.98 Å². The number of benzene rings is 2. The number of nitrogens with zero attached hydrogens (tertiary/aromatic N) is 1. The molecule has 0 bridgehead atoms. The molecule has 1 aromatic heterocycles. The normalized spacial score (nSPS) is 23.9. The number of rotatable bonds is 4. The fourth-order valence-electron chi connectivity index (χ4n) is 4.50. The van der Waals surface area contributed by atoms with Crippen LogP contribution in [-0.4, -0.2) is 30.8 Å². The van der Waals surface area contributed by atoms with Gasteiger partial charge in [0.05, 0.1) is 26.0 Å². The first-order valence-electron chi connectivity index (χ1n) is 10.0. The van der Waals surface area contributed by atoms with Crippen molar-refractivity contribution in [2.45, 2.75) is 24.5 Å². The fourth-order valence-corrected chi connectivity index (χ4v) is 4.50. The van der Waals surface area contributed by atoms with E-state index < -0.39 is 0 Å². The first kappa shape index (κ1) is 18.2. The van der Waals surface area contributed by atoms with Gasteiger partial charge < -0.3 is 19.2 Å². The van der Waals surface area contributed by atoms with Gasteiger partial charge in [-0.05, 0) is 54.8 Å². The summed E-state index contributed by atoms with van der Waals surface area (Å²) in [5.74, 6) is 1.57. The predicted octanol–water partition coefficient (Wildman–Crippen LogP) is 4.63. The Hall–Kier alpha value is -2.89. The van der Waals surface area contributed by atoms with Crippen molar-refractivity contribution < 1.29 is 13.9 Å². The molecule has 0 unspecified atom stereocenters. The summed E-state index contributed by atoms with van der Waals surface area (Å²) < 4.78 is 17.6. The molecule has 2 aliphatic rings. The van der Waals surface area contributed by atoms with Gasteiger partial charge in [-0.1, -0.05) is 30.3 Å². The number of aromatic nitrogens is 1. The van der Waals surface area contributed by atoms with Crippen LogP contribution in [0.5, 0.6) is 5.75 Å². The highest BCUT2D eigenvalue weighted by atomic mass is 16.5. The Morgan fingerprint density at radius 2 is 2.07 bits per heavy atom. The monoisotopic (exact) mass is 388 g/mol. The lowest BCUT2D eigenvalue weighted by Crippen LogP contribution is -2.47. The van der Waals surface area contributed by atoms with Crippen molar-refractivity contribution in [1.29, 1.82) is 0 Å². The second kappa shape index (κ2) is 7.50. The largest absolute Gasteiger partial charge is 0.496 e. The number of ether oxygens (including phenoxy) is 2. The molecule has 3 aromatic rings. The predicted molar refractivity (Wildman–Crippen MR) is 112 cm³/mol. The number of piperidine rings is 1. The van der Waals surface area contributed by atoms with Crippen LogP contribution in [0.2, 0.25) is 0 Å². The second-order valence-corrected chi connectivity index (χ2v) is 7.60. The highest BCUT2D eigenvalue weighted by Gasteiger charge is 2.44. The topological polar surface area (TPSA) is 56.5 Å². The number of oxazole rings is 1. The summed E-state index contributed by atoms with van der Waals surface area (Å²) >= 11 is 0. The van der Waals surface area contributed by atoms with Crippen LogP contribution < -0.4 is 10.1 Å². The minimum absolute atomic E-state index is 0.137. The van der Waals surface area contributed by atoms with Crippen molar-refractivity contribution >= 4 is 5.57 Å². The van der Waals surface area contributed by atoms with E-state index in [1.807, 2.05) is 12.1 Å². The molecule has 1 fully saturated rings. The van der Waals surface area contributed by atoms with Gasteiger partial charge in [-0.2, -0.15) is 0 Å². The summed E-state index contributed by atoms with van der Waals surface area (Å²) in [6.07, 6.45) is 7.56. The molecule has 29 heavy (non-hydrogen) atoms. The molecular formula is C24H24N2O3. The summed E-state index contributed by atoms with van der Waals surface area (Å²) in [4.78, 5) is 4.03. The lowest BCUT2D eigenvalue weighted by molar-refractivity contribution is -0.0255. The molecule has 0 saturated carbocycles. The van der Waals surface area contributed by atoms with E-state index in [9.17, 15) is 0 Å². The Kier molecular flexibility index (Phi) is 4.70. The Labute approximate surface area is 170 Å². The molecule has 5 nitrogen and oxygen atoms in total. The highest BCUT2D eigenvalue weighted by Crippen LogP contribution is 2.45. The van der Waals surface area contributed by atoms with E-state index in [2.05, 4.69) is 52.8 Å². The summed E-state index contributed by atoms with van der Waals surface area (Å²) in [7, 11) is 1.70. The van der Waals surface area contributed by atoms with Crippen LogP contribution in [-0.2, 0) is 4.74 Å². The maximum Gasteiger partial charge on any atom is 0.181 e. The molecule has 5 rings (SSSR count). The average molecular weight is 388 g/mol. The maximum absolute atomic E-state index is 6.50. The van der Waals surface area contributed by atoms with Crippen molar-refractivity contribution in [3.63, 3.8) is 0 Å². The summed E-state index contributed by atoms with van der Waals surface area (Å²) in [6.45, 7) is 1.55. The average Bonchev–Trinajstić information content (AvgIpc) is 3.45. The van der Waals surface area contributed by atoms with E-state index in [4.69, 9.17) is 13.9 Å². The molecule has 1 saturated heterocycles. The Morgan fingerprint density at radius 3 is 2.86 bits per heavy atom. The molecule has 5 heteroatoms. The van der Waals surface area contributed by atoms with Crippen molar-refractivity contribution in [3.8, 4) is 17.1 Å². The molecule has 2 aliphatic heterocycles. The third-order valence-corrected chi connectivity index (χ3v) is 5.89. The molecule has 148 valence electrons. The quantitative estimate of drug-likeness (QED) is 0.706. The van der Waals surface area contributed by atoms with Crippen molar-refractivity contribution in [2.75, 3.05) is 20.3 Å². The van der Waals surface area contributed by atoms with Crippen LogP contribution in [0.1, 0.15) is 30.0 Å². The van der Waals surface area contributed by atoms with Gasteiger partial charge in [-0.3, -0.25) is 0 Å². The molecule has 0 radical (unpaired) electrons. The lowest BCUT2D eigenvalue weighted by atomic mass is 9.81. The number of methoxy groups -OCH3 is 1. The molecule has 0 aliphatic carbocycles. The standard InChI is InChI=1S/C24H24N2O3/c1-27-21-9-8-18(22-14-25-16-28-22)12-20(21)19-13-24(29-15-19)10-5-11-26-23(24)17-6-3-2-4-7-17/h2-4,6-9,12-14,16,23,26H,5,10-11,15H2,1H3/t23-,24+/m0/s1. The first-order chi connectivity index (χ1) is 14.3. The van der Waals surface area contributed by atoms with Crippen LogP contribution in [0.3, 0.4) is 0 Å². The maximum atomic E-state index is 6.50. The van der Waals surface area contributed by atoms with Gasteiger partial charge in [0.1, 0.15) is 11.4 Å². The number of hydrogen-bond acceptors (Lipinski definition) is 5. The molecular weight excluding hydrogens is 364 g/mol. The Morgan fingerprint density at radius 1 is 1.17 bits per heavy atom. The second-order valence-electron chi connectivity index (χ2n) is 7.60. The van der Waals surface area contributed by atoms with Gasteiger partial charge in [0.25, 0.3) is 0 Å². The molecule has 2 atom stereocenters. The van der Waals surface area contributed by atoms with E-state index in [-0.39, 0.29) is 11.6 Å². The van der Waals surface area contributed by atoms with E-state index in [0.717, 1.165) is 47.6 Å². The van der Waals surface area contributed by atoms with E-state index in [0.29, 0.717) is 6.61 Å². The highest BCUT2D eigenvalue weighted by molar-refractivity contribution is 5.77. The zero-order valence-electron chi connectivity index (χ0n) is 16.4. The molecule has 1 spiro atoms.